The van der Waals surface area contributed by atoms with Crippen LogP contribution in [-0.2, 0) is 62.0 Å². The van der Waals surface area contributed by atoms with Crippen molar-refractivity contribution in [1.29, 1.82) is 0 Å². The van der Waals surface area contributed by atoms with Crippen LogP contribution in [0, 0.1) is 37.5 Å². The molecule has 8 heterocycles. The second-order valence-corrected chi connectivity index (χ2v) is 33.8. The third-order valence-corrected chi connectivity index (χ3v) is 23.7. The van der Waals surface area contributed by atoms with E-state index in [0.717, 1.165) is 81.5 Å². The van der Waals surface area contributed by atoms with E-state index in [9.17, 15) is 57.5 Å². The Labute approximate surface area is 719 Å². The van der Waals surface area contributed by atoms with Crippen molar-refractivity contribution in [3.63, 3.8) is 0 Å². The number of carbonyl (C=O) groups is 13. The van der Waals surface area contributed by atoms with Gasteiger partial charge in [0.05, 0.1) is 94.8 Å². The average Bonchev–Trinajstić information content (AvgIpc) is 1.63. The molecule has 0 radical (unpaired) electrons. The summed E-state index contributed by atoms with van der Waals surface area (Å²) in [5, 5.41) is 19.5. The number of amides is 8. The number of H-pyrrole nitrogens is 2. The Kier molecular flexibility index (Phi) is 32.7. The van der Waals surface area contributed by atoms with Gasteiger partial charge in [-0.1, -0.05) is 122 Å². The number of aryl methyl sites for hydroxylation is 2. The van der Waals surface area contributed by atoms with Crippen molar-refractivity contribution in [3.8, 4) is 44.8 Å². The van der Waals surface area contributed by atoms with Gasteiger partial charge in [0, 0.05) is 60.9 Å². The second-order valence-electron chi connectivity index (χ2n) is 31.4. The number of aromatic amines is 2. The van der Waals surface area contributed by atoms with Crippen molar-refractivity contribution < 1.29 is 95.9 Å². The zero-order valence-electron chi connectivity index (χ0n) is 71.7. The van der Waals surface area contributed by atoms with Gasteiger partial charge < -0.3 is 90.5 Å². The SMILES string of the molecule is CC(=O)O.COC(=O)N[C@H](C(=O)N1CCC[C@H]1C(=O)OCC(=O)c1ccc(-c2ccc(C(=O)COC(=O)[C@@H]3CCCN3C(=O)[C@@H](NC(=O)OC)C(C)C)c3sc(C)nc23)cc1)C(C)C.COC(=O)N[C@H](C(=O)N1CCC[C@H]1c1ncc(-c2ccc(-c3ccc(-c4cnc([C@@H]5CCCN5C(=O)[C@@H](NC(=O)OC)C(C)C)[nH]4)c4sc(C)nc34)cc2)[nH]1)C(C)C.N. The van der Waals surface area contributed by atoms with Gasteiger partial charge in [-0.2, -0.15) is 0 Å². The van der Waals surface area contributed by atoms with Crippen molar-refractivity contribution in [2.45, 2.75) is 176 Å². The van der Waals surface area contributed by atoms with Gasteiger partial charge in [-0.05, 0) is 112 Å². The minimum atomic E-state index is -0.910. The molecule has 35 nitrogen and oxygen atoms in total. The van der Waals surface area contributed by atoms with Crippen LogP contribution in [0.1, 0.15) is 168 Å². The smallest absolute Gasteiger partial charge is 0.407 e. The normalized spacial score (nSPS) is 17.1. The summed E-state index contributed by atoms with van der Waals surface area (Å²) in [4.78, 5) is 196. The molecule has 4 aliphatic rings. The zero-order chi connectivity index (χ0) is 88.7. The fraction of sp³-hybridized carbons (Fsp3) is 0.477. The number of methoxy groups -OCH3 is 4. The highest BCUT2D eigenvalue weighted by molar-refractivity contribution is 7.19. The summed E-state index contributed by atoms with van der Waals surface area (Å²) in [7, 11) is 4.97. The lowest BCUT2D eigenvalue weighted by molar-refractivity contribution is -0.153. The van der Waals surface area contributed by atoms with Gasteiger partial charge in [-0.3, -0.25) is 33.6 Å². The topological polar surface area (TPSA) is 477 Å². The molecule has 0 aliphatic carbocycles. The number of aromatic nitrogens is 6. The number of nitrogens with one attached hydrogen (secondary N) is 6. The summed E-state index contributed by atoms with van der Waals surface area (Å²) >= 11 is 2.93. The van der Waals surface area contributed by atoms with E-state index in [1.165, 1.54) is 49.6 Å². The molecule has 37 heteroatoms. The number of hydrogen-bond acceptors (Lipinski definition) is 26. The minimum absolute atomic E-state index is 0. The van der Waals surface area contributed by atoms with Crippen LogP contribution >= 0.6 is 22.7 Å². The number of carboxylic acid groups (broad SMARTS) is 1. The predicted octanol–water partition coefficient (Wildman–Crippen LogP) is 11.9. The summed E-state index contributed by atoms with van der Waals surface area (Å²) in [5.41, 5.74) is 9.08. The van der Waals surface area contributed by atoms with Gasteiger partial charge in [0.2, 0.25) is 29.4 Å². The quantitative estimate of drug-likeness (QED) is 0.0142. The van der Waals surface area contributed by atoms with Gasteiger partial charge in [-0.15, -0.1) is 22.7 Å². The molecule has 4 aromatic carbocycles. The molecule has 4 fully saturated rings. The molecule has 10 N–H and O–H groups in total. The Hall–Kier alpha value is -12.3. The summed E-state index contributed by atoms with van der Waals surface area (Å²) in [6.45, 7) is 20.2. The Bertz CT molecular complexity index is 5170. The van der Waals surface area contributed by atoms with E-state index in [2.05, 4.69) is 82.1 Å². The van der Waals surface area contributed by atoms with E-state index in [0.29, 0.717) is 95.4 Å². The molecule has 8 aromatic rings. The number of imidazole rings is 2. The molecule has 4 aromatic heterocycles. The molecule has 8 atom stereocenters. The zero-order valence-corrected chi connectivity index (χ0v) is 73.3. The van der Waals surface area contributed by atoms with Crippen LogP contribution in [0.25, 0.3) is 65.2 Å². The number of esters is 2. The first kappa shape index (κ1) is 94.6. The number of alkyl carbamates (subject to hydrolysis) is 4. The van der Waals surface area contributed by atoms with Crippen molar-refractivity contribution in [2.24, 2.45) is 23.7 Å². The fourth-order valence-corrected chi connectivity index (χ4v) is 17.4. The van der Waals surface area contributed by atoms with Crippen LogP contribution in [0.15, 0.2) is 85.2 Å². The van der Waals surface area contributed by atoms with E-state index in [1.807, 2.05) is 45.7 Å². The van der Waals surface area contributed by atoms with E-state index < -0.39 is 115 Å². The van der Waals surface area contributed by atoms with Gasteiger partial charge in [0.1, 0.15) is 47.9 Å². The van der Waals surface area contributed by atoms with Crippen molar-refractivity contribution in [1.82, 2.24) is 76.9 Å². The van der Waals surface area contributed by atoms with E-state index in [-0.39, 0.29) is 59.3 Å². The van der Waals surface area contributed by atoms with Gasteiger partial charge in [-0.25, -0.2) is 48.7 Å². The van der Waals surface area contributed by atoms with E-state index in [4.69, 9.17) is 43.8 Å². The molecule has 0 bridgehead atoms. The summed E-state index contributed by atoms with van der Waals surface area (Å²) in [6, 6.07) is 17.0. The number of Topliss-reactive ketones (excluding diaryl/α,β-unsaturated/α-hetero) is 2. The van der Waals surface area contributed by atoms with Crippen LogP contribution in [0.3, 0.4) is 0 Å². The highest BCUT2D eigenvalue weighted by Crippen LogP contribution is 2.42. The van der Waals surface area contributed by atoms with Crippen LogP contribution in [0.5, 0.6) is 0 Å². The predicted molar refractivity (Wildman–Crippen MR) is 457 cm³/mol. The number of fused-ring (bicyclic) bond motifs is 2. The standard InChI is InChI=1S/C42H51N9O6S.C42H51N5O12S.C2H4O2.H3N/c1-22(2)33(48-41(54)56-6)39(52)50-18-8-10-31(50)37-43-20-29(46-37)26-14-12-25(13-15-26)27-16-17-28(36-35(27)45-24(5)58-36)30-21-44-38(47-30)32-11-9-19-51(32)40(53)34(23(3)4)49-42(55)57-7;1-22(2)33(44-41(54)56-6)37(50)46-18-8-10-29(46)39(52)58-20-31(48)26-14-12-25(13-15-26)27-16-17-28(36-35(27)43-24(5)60-36)32(49)21-59-40(53)30-11-9-19-47(30)38(51)34(23(3)4)45-42(55)57-7;1-2(3)4;/h12-17,20-23,31-34H,8-11,18-19H2,1-7H3,(H,43,46)(H,44,47)(H,48,54)(H,49,55);12-17,22-23,29-30,33-34H,8-11,18-21H2,1-7H3,(H,44,54)(H,45,55);1H3,(H,3,4);1H3/t31-,32-,33-,34-;29-,30-,33-,34-;;/m00../s1. The fourth-order valence-electron chi connectivity index (χ4n) is 15.4. The van der Waals surface area contributed by atoms with Crippen LogP contribution < -0.4 is 27.4 Å². The van der Waals surface area contributed by atoms with Crippen LogP contribution in [-0.4, -0.2) is 236 Å². The lowest BCUT2D eigenvalue weighted by Crippen LogP contribution is -2.54. The highest BCUT2D eigenvalue weighted by atomic mass is 32.1. The number of ketones is 2. The Morgan fingerprint density at radius 1 is 0.447 bits per heavy atom. The molecule has 0 saturated carbocycles. The van der Waals surface area contributed by atoms with Crippen molar-refractivity contribution >= 4 is 121 Å². The summed E-state index contributed by atoms with van der Waals surface area (Å²) in [5.74, 6) is -3.70. The number of aliphatic carboxylic acids is 1. The third-order valence-electron chi connectivity index (χ3n) is 21.7. The largest absolute Gasteiger partial charge is 0.481 e. The lowest BCUT2D eigenvalue weighted by atomic mass is 9.99. The molecule has 123 heavy (non-hydrogen) atoms. The maximum atomic E-state index is 13.7. The molecular weight excluding hydrogens is 1630 g/mol. The maximum absolute atomic E-state index is 13.7. The van der Waals surface area contributed by atoms with Crippen LogP contribution in [0.4, 0.5) is 19.2 Å². The third kappa shape index (κ3) is 22.5. The molecule has 0 spiro atoms. The molecule has 12 rings (SSSR count). The van der Waals surface area contributed by atoms with Crippen LogP contribution in [0.2, 0.25) is 0 Å². The monoisotopic (exact) mass is 1740 g/mol. The average molecular weight is 1740 g/mol. The number of carboxylic acids is 1. The first-order chi connectivity index (χ1) is 58.2. The first-order valence-corrected chi connectivity index (χ1v) is 42.1. The Morgan fingerprint density at radius 2 is 0.780 bits per heavy atom. The number of nitrogens with zero attached hydrogens (tertiary/aromatic N) is 8. The number of thiazole rings is 2. The number of hydrogen-bond donors (Lipinski definition) is 8. The molecule has 8 amide bonds. The van der Waals surface area contributed by atoms with Gasteiger partial charge in [0.15, 0.2) is 19.0 Å². The van der Waals surface area contributed by atoms with E-state index >= 15 is 0 Å². The highest BCUT2D eigenvalue weighted by Gasteiger charge is 2.44. The van der Waals surface area contributed by atoms with Gasteiger partial charge in [0.25, 0.3) is 5.97 Å². The maximum Gasteiger partial charge on any atom is 0.407 e. The lowest BCUT2D eigenvalue weighted by Gasteiger charge is -2.30. The Balaban J connectivity index is 0.000000265. The van der Waals surface area contributed by atoms with Crippen molar-refractivity contribution in [3.05, 3.63) is 118 Å². The molecule has 4 aliphatic heterocycles. The Morgan fingerprint density at radius 3 is 1.20 bits per heavy atom. The van der Waals surface area contributed by atoms with Gasteiger partial charge >= 0.3 is 36.3 Å². The number of carbonyl (C=O) groups excluding carboxylic acids is 12. The number of ether oxygens (including phenoxy) is 6. The minimum Gasteiger partial charge on any atom is -0.481 e. The van der Waals surface area contributed by atoms with Crippen molar-refractivity contribution in [2.75, 3.05) is 67.8 Å². The number of benzene rings is 4. The molecule has 0 unspecified atom stereocenters. The summed E-state index contributed by atoms with van der Waals surface area (Å²) < 4.78 is 31.3. The second kappa shape index (κ2) is 42.5. The molecule has 4 saturated heterocycles. The number of likely N-dealkylation sites (tertiary alicyclic amines) is 4. The molecular formula is C86H109N15O20S2. The summed E-state index contributed by atoms with van der Waals surface area (Å²) in [6.07, 6.45) is 5.86. The number of rotatable bonds is 26. The molecule has 660 valence electrons. The first-order valence-electron chi connectivity index (χ1n) is 40.5. The van der Waals surface area contributed by atoms with E-state index in [1.54, 1.807) is 93.5 Å².